The van der Waals surface area contributed by atoms with E-state index in [2.05, 4.69) is 0 Å². The lowest BCUT2D eigenvalue weighted by Crippen LogP contribution is -2.33. The summed E-state index contributed by atoms with van der Waals surface area (Å²) in [7, 11) is 0. The van der Waals surface area contributed by atoms with E-state index in [1.165, 1.54) is 0 Å². The fourth-order valence-electron chi connectivity index (χ4n) is 1.21. The van der Waals surface area contributed by atoms with Gasteiger partial charge in [-0.05, 0) is 6.42 Å². The summed E-state index contributed by atoms with van der Waals surface area (Å²) >= 11 is 0. The third-order valence-electron chi connectivity index (χ3n) is 2.25. The van der Waals surface area contributed by atoms with Crippen LogP contribution >= 0.6 is 0 Å². The molecule has 0 saturated carbocycles. The Morgan fingerprint density at radius 1 is 1.50 bits per heavy atom. The third-order valence-corrected chi connectivity index (χ3v) is 2.25. The molecule has 2 atom stereocenters. The van der Waals surface area contributed by atoms with Crippen molar-refractivity contribution in [2.45, 2.75) is 25.9 Å². The summed E-state index contributed by atoms with van der Waals surface area (Å²) in [6.07, 6.45) is 8.58. The molecular formula is C9H14O. The van der Waals surface area contributed by atoms with Gasteiger partial charge in [0.15, 0.2) is 0 Å². The molecule has 10 heavy (non-hydrogen) atoms. The Kier molecular flexibility index (Phi) is 1.95. The first kappa shape index (κ1) is 7.55. The van der Waals surface area contributed by atoms with Crippen LogP contribution in [0.15, 0.2) is 24.3 Å². The highest BCUT2D eigenvalue weighted by molar-refractivity contribution is 5.20. The van der Waals surface area contributed by atoms with Gasteiger partial charge in [-0.15, -0.1) is 0 Å². The van der Waals surface area contributed by atoms with Crippen LogP contribution in [-0.4, -0.2) is 10.7 Å². The van der Waals surface area contributed by atoms with E-state index in [1.54, 1.807) is 0 Å². The Balaban J connectivity index is 2.77. The highest BCUT2D eigenvalue weighted by Crippen LogP contribution is 2.26. The van der Waals surface area contributed by atoms with Gasteiger partial charge < -0.3 is 5.11 Å². The van der Waals surface area contributed by atoms with Crippen molar-refractivity contribution in [2.24, 2.45) is 5.92 Å². The first-order valence-corrected chi connectivity index (χ1v) is 3.77. The number of hydrogen-bond donors (Lipinski definition) is 1. The van der Waals surface area contributed by atoms with Crippen molar-refractivity contribution in [1.29, 1.82) is 0 Å². The molecule has 0 amide bonds. The number of allylic oxidation sites excluding steroid dienone is 2. The standard InChI is InChI=1S/C9H14O/c1-3-9(10)7-5-4-6-8(9)2/h4-8,10H,3H2,1-2H3. The number of rotatable bonds is 1. The monoisotopic (exact) mass is 138 g/mol. The van der Waals surface area contributed by atoms with Crippen LogP contribution in [0.25, 0.3) is 0 Å². The van der Waals surface area contributed by atoms with E-state index < -0.39 is 5.60 Å². The van der Waals surface area contributed by atoms with Gasteiger partial charge >= 0.3 is 0 Å². The average molecular weight is 138 g/mol. The molecule has 0 aromatic rings. The molecule has 0 saturated heterocycles. The van der Waals surface area contributed by atoms with E-state index in [4.69, 9.17) is 0 Å². The molecule has 0 aromatic heterocycles. The van der Waals surface area contributed by atoms with Crippen LogP contribution in [0.5, 0.6) is 0 Å². The second-order valence-corrected chi connectivity index (χ2v) is 2.88. The molecule has 0 fully saturated rings. The fourth-order valence-corrected chi connectivity index (χ4v) is 1.21. The summed E-state index contributed by atoms with van der Waals surface area (Å²) in [4.78, 5) is 0. The predicted octanol–water partition coefficient (Wildman–Crippen LogP) is 1.89. The highest BCUT2D eigenvalue weighted by Gasteiger charge is 2.27. The molecule has 0 spiro atoms. The minimum absolute atomic E-state index is 0.252. The molecule has 0 aliphatic heterocycles. The summed E-state index contributed by atoms with van der Waals surface area (Å²) in [6.45, 7) is 4.03. The third kappa shape index (κ3) is 1.14. The zero-order chi connectivity index (χ0) is 7.61. The molecule has 0 aromatic carbocycles. The van der Waals surface area contributed by atoms with Crippen molar-refractivity contribution >= 4 is 0 Å². The Bertz CT molecular complexity index is 170. The zero-order valence-corrected chi connectivity index (χ0v) is 6.54. The fraction of sp³-hybridized carbons (Fsp3) is 0.556. The first-order chi connectivity index (χ1) is 4.69. The maximum atomic E-state index is 9.81. The minimum atomic E-state index is -0.589. The first-order valence-electron chi connectivity index (χ1n) is 3.77. The molecule has 0 bridgehead atoms. The smallest absolute Gasteiger partial charge is 0.0887 e. The highest BCUT2D eigenvalue weighted by atomic mass is 16.3. The van der Waals surface area contributed by atoms with Gasteiger partial charge in [0, 0.05) is 5.92 Å². The average Bonchev–Trinajstić information content (AvgIpc) is 1.96. The van der Waals surface area contributed by atoms with Crippen molar-refractivity contribution in [1.82, 2.24) is 0 Å². The molecule has 2 unspecified atom stereocenters. The molecule has 1 heteroatoms. The van der Waals surface area contributed by atoms with Crippen LogP contribution in [0, 0.1) is 5.92 Å². The van der Waals surface area contributed by atoms with Gasteiger partial charge in [-0.2, -0.15) is 0 Å². The van der Waals surface area contributed by atoms with Crippen molar-refractivity contribution in [3.8, 4) is 0 Å². The maximum absolute atomic E-state index is 9.81. The summed E-state index contributed by atoms with van der Waals surface area (Å²) < 4.78 is 0. The Hall–Kier alpha value is -0.560. The summed E-state index contributed by atoms with van der Waals surface area (Å²) in [5.74, 6) is 0.252. The SMILES string of the molecule is CCC1(O)C=CC=CC1C. The normalized spacial score (nSPS) is 38.5. The van der Waals surface area contributed by atoms with E-state index >= 15 is 0 Å². The molecule has 1 aliphatic carbocycles. The van der Waals surface area contributed by atoms with Crippen LogP contribution in [0.2, 0.25) is 0 Å². The van der Waals surface area contributed by atoms with Gasteiger partial charge in [-0.1, -0.05) is 38.2 Å². The number of hydrogen-bond acceptors (Lipinski definition) is 1. The second kappa shape index (κ2) is 2.59. The van der Waals surface area contributed by atoms with Crippen LogP contribution in [0.4, 0.5) is 0 Å². The van der Waals surface area contributed by atoms with Gasteiger partial charge in [0.05, 0.1) is 5.60 Å². The Morgan fingerprint density at radius 3 is 2.60 bits per heavy atom. The van der Waals surface area contributed by atoms with Crippen molar-refractivity contribution in [2.75, 3.05) is 0 Å². The summed E-state index contributed by atoms with van der Waals surface area (Å²) in [6, 6.07) is 0. The maximum Gasteiger partial charge on any atom is 0.0887 e. The second-order valence-electron chi connectivity index (χ2n) is 2.88. The molecule has 0 radical (unpaired) electrons. The predicted molar refractivity (Wildman–Crippen MR) is 42.7 cm³/mol. The van der Waals surface area contributed by atoms with Gasteiger partial charge in [-0.25, -0.2) is 0 Å². The number of aliphatic hydroxyl groups is 1. The van der Waals surface area contributed by atoms with Crippen molar-refractivity contribution in [3.05, 3.63) is 24.3 Å². The lowest BCUT2D eigenvalue weighted by atomic mass is 9.83. The Labute approximate surface area is 62.1 Å². The van der Waals surface area contributed by atoms with Gasteiger partial charge in [-0.3, -0.25) is 0 Å². The van der Waals surface area contributed by atoms with Crippen molar-refractivity contribution < 1.29 is 5.11 Å². The summed E-state index contributed by atoms with van der Waals surface area (Å²) in [5, 5.41) is 9.81. The van der Waals surface area contributed by atoms with Crippen LogP contribution in [0.3, 0.4) is 0 Å². The molecule has 56 valence electrons. The summed E-state index contributed by atoms with van der Waals surface area (Å²) in [5.41, 5.74) is -0.589. The molecule has 1 nitrogen and oxygen atoms in total. The Morgan fingerprint density at radius 2 is 2.20 bits per heavy atom. The lowest BCUT2D eigenvalue weighted by molar-refractivity contribution is 0.0495. The van der Waals surface area contributed by atoms with Crippen molar-refractivity contribution in [3.63, 3.8) is 0 Å². The van der Waals surface area contributed by atoms with E-state index in [1.807, 2.05) is 38.2 Å². The molecule has 0 heterocycles. The van der Waals surface area contributed by atoms with Gasteiger partial charge in [0.25, 0.3) is 0 Å². The quantitative estimate of drug-likeness (QED) is 0.586. The van der Waals surface area contributed by atoms with E-state index in [0.717, 1.165) is 6.42 Å². The molecule has 1 N–H and O–H groups in total. The topological polar surface area (TPSA) is 20.2 Å². The van der Waals surface area contributed by atoms with Gasteiger partial charge in [0.1, 0.15) is 0 Å². The minimum Gasteiger partial charge on any atom is -0.385 e. The molecule has 1 rings (SSSR count). The molecule has 1 aliphatic rings. The lowest BCUT2D eigenvalue weighted by Gasteiger charge is -2.29. The largest absolute Gasteiger partial charge is 0.385 e. The zero-order valence-electron chi connectivity index (χ0n) is 6.54. The van der Waals surface area contributed by atoms with Gasteiger partial charge in [0.2, 0.25) is 0 Å². The molecular weight excluding hydrogens is 124 g/mol. The van der Waals surface area contributed by atoms with E-state index in [0.29, 0.717) is 0 Å². The van der Waals surface area contributed by atoms with E-state index in [9.17, 15) is 5.11 Å². The van der Waals surface area contributed by atoms with Crippen LogP contribution < -0.4 is 0 Å². The van der Waals surface area contributed by atoms with Crippen LogP contribution in [0.1, 0.15) is 20.3 Å². The van der Waals surface area contributed by atoms with Crippen LogP contribution in [-0.2, 0) is 0 Å². The van der Waals surface area contributed by atoms with E-state index in [-0.39, 0.29) is 5.92 Å².